The summed E-state index contributed by atoms with van der Waals surface area (Å²) >= 11 is 19.2. The van der Waals surface area contributed by atoms with Crippen LogP contribution in [-0.2, 0) is 4.79 Å². The monoisotopic (exact) mass is 496 g/mol. The number of hydrogen-bond acceptors (Lipinski definition) is 5. The van der Waals surface area contributed by atoms with E-state index in [-0.39, 0.29) is 16.8 Å². The van der Waals surface area contributed by atoms with Crippen molar-refractivity contribution in [1.82, 2.24) is 15.5 Å². The third-order valence-electron chi connectivity index (χ3n) is 4.69. The molecule has 0 spiro atoms. The van der Waals surface area contributed by atoms with Crippen LogP contribution >= 0.6 is 46.1 Å². The summed E-state index contributed by atoms with van der Waals surface area (Å²) in [7, 11) is 0. The Morgan fingerprint density at radius 3 is 2.52 bits per heavy atom. The first kappa shape index (κ1) is 23.5. The lowest BCUT2D eigenvalue weighted by molar-refractivity contribution is -0.119. The van der Waals surface area contributed by atoms with Gasteiger partial charge in [0.25, 0.3) is 5.91 Å². The van der Waals surface area contributed by atoms with E-state index in [0.29, 0.717) is 32.2 Å². The van der Waals surface area contributed by atoms with Crippen LogP contribution in [-0.4, -0.2) is 28.1 Å². The number of benzene rings is 2. The van der Waals surface area contributed by atoms with Gasteiger partial charge >= 0.3 is 0 Å². The highest BCUT2D eigenvalue weighted by molar-refractivity contribution is 7.18. The molecule has 0 saturated carbocycles. The van der Waals surface area contributed by atoms with E-state index in [0.717, 1.165) is 5.56 Å². The van der Waals surface area contributed by atoms with Gasteiger partial charge in [-0.15, -0.1) is 10.2 Å². The number of carbonyl (C=O) groups is 2. The summed E-state index contributed by atoms with van der Waals surface area (Å²) in [5.74, 6) is -0.917. The van der Waals surface area contributed by atoms with Crippen LogP contribution in [0.3, 0.4) is 0 Å². The molecule has 0 radical (unpaired) electrons. The van der Waals surface area contributed by atoms with Crippen molar-refractivity contribution in [2.75, 3.05) is 5.32 Å². The molecule has 1 aromatic heterocycles. The predicted octanol–water partition coefficient (Wildman–Crippen LogP) is 5.95. The van der Waals surface area contributed by atoms with Crippen LogP contribution in [0.5, 0.6) is 0 Å². The fourth-order valence-corrected chi connectivity index (χ4v) is 3.99. The molecule has 3 rings (SSSR count). The van der Waals surface area contributed by atoms with Gasteiger partial charge in [0.2, 0.25) is 11.0 Å². The van der Waals surface area contributed by atoms with Crippen LogP contribution in [0.4, 0.5) is 5.13 Å². The molecule has 6 nitrogen and oxygen atoms in total. The van der Waals surface area contributed by atoms with Gasteiger partial charge in [-0.3, -0.25) is 14.9 Å². The average Bonchev–Trinajstić information content (AvgIpc) is 3.21. The number of nitrogens with zero attached hydrogens (tertiary/aromatic N) is 2. The van der Waals surface area contributed by atoms with Crippen LogP contribution < -0.4 is 10.6 Å². The standard InChI is InChI=1S/C21H19Cl3N4O2S/c1-3-11(2)17(25-18(29)12-7-8-15(23)16(24)10-12)19(30)26-21-28-27-20(31-21)13-5-4-6-14(22)9-13/h4-11,17H,3H2,1-2H3,(H,25,29)(H,26,28,30). The van der Waals surface area contributed by atoms with Crippen LogP contribution in [0.25, 0.3) is 10.6 Å². The highest BCUT2D eigenvalue weighted by Gasteiger charge is 2.27. The zero-order chi connectivity index (χ0) is 22.5. The van der Waals surface area contributed by atoms with E-state index in [2.05, 4.69) is 20.8 Å². The molecule has 2 amide bonds. The summed E-state index contributed by atoms with van der Waals surface area (Å²) in [5.41, 5.74) is 1.12. The second-order valence-corrected chi connectivity index (χ2v) is 9.11. The molecule has 0 fully saturated rings. The molecule has 162 valence electrons. The van der Waals surface area contributed by atoms with E-state index in [1.54, 1.807) is 18.2 Å². The molecule has 0 aliphatic carbocycles. The molecule has 10 heteroatoms. The van der Waals surface area contributed by atoms with E-state index in [1.807, 2.05) is 26.0 Å². The Morgan fingerprint density at radius 2 is 1.84 bits per heavy atom. The van der Waals surface area contributed by atoms with Crippen LogP contribution in [0.1, 0.15) is 30.6 Å². The van der Waals surface area contributed by atoms with Gasteiger partial charge in [0.15, 0.2) is 0 Å². The molecule has 2 unspecified atom stereocenters. The van der Waals surface area contributed by atoms with E-state index in [4.69, 9.17) is 34.8 Å². The Balaban J connectivity index is 1.74. The van der Waals surface area contributed by atoms with Crippen LogP contribution in [0.2, 0.25) is 15.1 Å². The number of aromatic nitrogens is 2. The van der Waals surface area contributed by atoms with Gasteiger partial charge in [0.05, 0.1) is 10.0 Å². The van der Waals surface area contributed by atoms with Gasteiger partial charge in [-0.25, -0.2) is 0 Å². The zero-order valence-corrected chi connectivity index (χ0v) is 19.7. The summed E-state index contributed by atoms with van der Waals surface area (Å²) in [6, 6.07) is 11.0. The van der Waals surface area contributed by atoms with E-state index in [1.165, 1.54) is 23.5 Å². The maximum absolute atomic E-state index is 12.9. The Labute approximate surface area is 198 Å². The molecule has 0 aliphatic heterocycles. The van der Waals surface area contributed by atoms with Crippen molar-refractivity contribution in [3.63, 3.8) is 0 Å². The minimum Gasteiger partial charge on any atom is -0.340 e. The summed E-state index contributed by atoms with van der Waals surface area (Å²) in [6.45, 7) is 3.83. The Kier molecular flexibility index (Phi) is 7.89. The van der Waals surface area contributed by atoms with E-state index >= 15 is 0 Å². The lowest BCUT2D eigenvalue weighted by Crippen LogP contribution is -2.47. The highest BCUT2D eigenvalue weighted by atomic mass is 35.5. The normalized spacial score (nSPS) is 12.8. The summed E-state index contributed by atoms with van der Waals surface area (Å²) in [5, 5.41) is 15.8. The minimum absolute atomic E-state index is 0.118. The van der Waals surface area contributed by atoms with Crippen molar-refractivity contribution in [3.8, 4) is 10.6 Å². The first-order valence-electron chi connectivity index (χ1n) is 9.44. The lowest BCUT2D eigenvalue weighted by Gasteiger charge is -2.23. The van der Waals surface area contributed by atoms with Gasteiger partial charge in [-0.05, 0) is 36.2 Å². The highest BCUT2D eigenvalue weighted by Crippen LogP contribution is 2.28. The molecule has 0 saturated heterocycles. The second-order valence-electron chi connectivity index (χ2n) is 6.88. The average molecular weight is 498 g/mol. The van der Waals surface area contributed by atoms with Gasteiger partial charge in [0, 0.05) is 16.1 Å². The molecule has 31 heavy (non-hydrogen) atoms. The van der Waals surface area contributed by atoms with Crippen molar-refractivity contribution in [2.24, 2.45) is 5.92 Å². The maximum Gasteiger partial charge on any atom is 0.251 e. The maximum atomic E-state index is 12.9. The van der Waals surface area contributed by atoms with Gasteiger partial charge in [-0.2, -0.15) is 0 Å². The Bertz CT molecular complexity index is 1110. The molecule has 0 aliphatic rings. The molecule has 1 heterocycles. The fraction of sp³-hybridized carbons (Fsp3) is 0.238. The first-order valence-corrected chi connectivity index (χ1v) is 11.4. The molecular formula is C21H19Cl3N4O2S. The van der Waals surface area contributed by atoms with Crippen LogP contribution in [0, 0.1) is 5.92 Å². The van der Waals surface area contributed by atoms with Gasteiger partial charge < -0.3 is 5.32 Å². The SMILES string of the molecule is CCC(C)C(NC(=O)c1ccc(Cl)c(Cl)c1)C(=O)Nc1nnc(-c2cccc(Cl)c2)s1. The van der Waals surface area contributed by atoms with Crippen molar-refractivity contribution in [2.45, 2.75) is 26.3 Å². The molecule has 2 atom stereocenters. The number of anilines is 1. The molecule has 2 aromatic carbocycles. The molecular weight excluding hydrogens is 479 g/mol. The quantitative estimate of drug-likeness (QED) is 0.422. The Hall–Kier alpha value is -2.19. The van der Waals surface area contributed by atoms with Gasteiger partial charge in [-0.1, -0.05) is 78.5 Å². The number of rotatable bonds is 7. The zero-order valence-electron chi connectivity index (χ0n) is 16.7. The molecule has 0 bridgehead atoms. The fourth-order valence-electron chi connectivity index (χ4n) is 2.76. The number of carbonyl (C=O) groups excluding carboxylic acids is 2. The number of nitrogens with one attached hydrogen (secondary N) is 2. The van der Waals surface area contributed by atoms with E-state index in [9.17, 15) is 9.59 Å². The second kappa shape index (κ2) is 10.4. The van der Waals surface area contributed by atoms with Crippen molar-refractivity contribution in [3.05, 3.63) is 63.1 Å². The Morgan fingerprint density at radius 1 is 1.06 bits per heavy atom. The predicted molar refractivity (Wildman–Crippen MR) is 126 cm³/mol. The summed E-state index contributed by atoms with van der Waals surface area (Å²) < 4.78 is 0. The summed E-state index contributed by atoms with van der Waals surface area (Å²) in [6.07, 6.45) is 0.684. The largest absolute Gasteiger partial charge is 0.340 e. The topological polar surface area (TPSA) is 84.0 Å². The first-order chi connectivity index (χ1) is 14.8. The molecule has 2 N–H and O–H groups in total. The van der Waals surface area contributed by atoms with Crippen molar-refractivity contribution >= 4 is 63.1 Å². The molecule has 3 aromatic rings. The number of halogens is 3. The van der Waals surface area contributed by atoms with E-state index < -0.39 is 11.9 Å². The van der Waals surface area contributed by atoms with Gasteiger partial charge in [0.1, 0.15) is 11.0 Å². The third-order valence-corrected chi connectivity index (χ3v) is 6.55. The smallest absolute Gasteiger partial charge is 0.251 e. The lowest BCUT2D eigenvalue weighted by atomic mass is 9.98. The number of hydrogen-bond donors (Lipinski definition) is 2. The summed E-state index contributed by atoms with van der Waals surface area (Å²) in [4.78, 5) is 25.6. The van der Waals surface area contributed by atoms with Crippen molar-refractivity contribution in [1.29, 1.82) is 0 Å². The third kappa shape index (κ3) is 5.95. The number of amides is 2. The van der Waals surface area contributed by atoms with Crippen molar-refractivity contribution < 1.29 is 9.59 Å². The van der Waals surface area contributed by atoms with Crippen LogP contribution in [0.15, 0.2) is 42.5 Å². The minimum atomic E-state index is -0.773.